The molecule has 0 saturated carbocycles. The number of esters is 1. The van der Waals surface area contributed by atoms with Crippen molar-refractivity contribution in [2.45, 2.75) is 6.10 Å². The summed E-state index contributed by atoms with van der Waals surface area (Å²) in [5, 5.41) is 0. The molecule has 3 heteroatoms. The number of cyclic esters (lactones) is 1. The third-order valence-electron chi connectivity index (χ3n) is 0.895. The van der Waals surface area contributed by atoms with E-state index in [1.54, 1.807) is 0 Å². The number of carbonyl (C=O) groups excluding carboxylic acids is 1. The highest BCUT2D eigenvalue weighted by Crippen LogP contribution is 2.04. The van der Waals surface area contributed by atoms with Gasteiger partial charge in [-0.25, -0.2) is 4.79 Å². The highest BCUT2D eigenvalue weighted by atomic mass is 16.7. The molecule has 3 nitrogen and oxygen atoms in total. The van der Waals surface area contributed by atoms with E-state index in [2.05, 4.69) is 11.3 Å². The lowest BCUT2D eigenvalue weighted by Gasteiger charge is -1.90. The van der Waals surface area contributed by atoms with E-state index in [4.69, 9.17) is 4.74 Å². The van der Waals surface area contributed by atoms with E-state index in [-0.39, 0.29) is 12.8 Å². The van der Waals surface area contributed by atoms with Crippen LogP contribution in [-0.4, -0.2) is 18.9 Å². The minimum absolute atomic E-state index is 0.0650. The van der Waals surface area contributed by atoms with Crippen LogP contribution in [0.5, 0.6) is 0 Å². The van der Waals surface area contributed by atoms with Crippen LogP contribution in [0, 0.1) is 0 Å². The first-order valence-corrected chi connectivity index (χ1v) is 2.25. The van der Waals surface area contributed by atoms with Gasteiger partial charge in [-0.2, -0.15) is 0 Å². The number of ether oxygens (including phenoxy) is 2. The van der Waals surface area contributed by atoms with Crippen molar-refractivity contribution in [3.8, 4) is 0 Å². The molecule has 1 unspecified atom stereocenters. The van der Waals surface area contributed by atoms with E-state index in [0.717, 1.165) is 0 Å². The number of hydrogen-bond acceptors (Lipinski definition) is 3. The highest BCUT2D eigenvalue weighted by Gasteiger charge is 2.23. The fourth-order valence-corrected chi connectivity index (χ4v) is 0.480. The maximum absolute atomic E-state index is 10.4. The van der Waals surface area contributed by atoms with Gasteiger partial charge in [-0.05, 0) is 0 Å². The molecule has 0 amide bonds. The summed E-state index contributed by atoms with van der Waals surface area (Å²) in [6, 6.07) is 0. The molecule has 44 valence electrons. The normalized spacial score (nSPS) is 27.5. The zero-order valence-corrected chi connectivity index (χ0v) is 4.29. The van der Waals surface area contributed by atoms with Gasteiger partial charge in [0.2, 0.25) is 0 Å². The standard InChI is InChI=1S/C5H6O3/c1-2-4-5(6)8-3-7-4/h2,4H,1,3H2. The first-order valence-electron chi connectivity index (χ1n) is 2.25. The minimum atomic E-state index is -0.532. The van der Waals surface area contributed by atoms with Crippen molar-refractivity contribution < 1.29 is 14.3 Å². The summed E-state index contributed by atoms with van der Waals surface area (Å²) in [6.07, 6.45) is 0.880. The highest BCUT2D eigenvalue weighted by molar-refractivity contribution is 5.77. The third kappa shape index (κ3) is 0.721. The number of rotatable bonds is 1. The maximum Gasteiger partial charge on any atom is 0.341 e. The molecule has 8 heavy (non-hydrogen) atoms. The molecule has 0 aromatic rings. The van der Waals surface area contributed by atoms with Gasteiger partial charge in [-0.15, -0.1) is 0 Å². The first-order chi connectivity index (χ1) is 3.84. The second kappa shape index (κ2) is 1.96. The van der Waals surface area contributed by atoms with Crippen LogP contribution in [0.15, 0.2) is 12.7 Å². The summed E-state index contributed by atoms with van der Waals surface area (Å²) in [7, 11) is 0. The molecule has 1 heterocycles. The fourth-order valence-electron chi connectivity index (χ4n) is 0.480. The summed E-state index contributed by atoms with van der Waals surface area (Å²) in [4.78, 5) is 10.4. The molecule has 1 aliphatic rings. The largest absolute Gasteiger partial charge is 0.436 e. The monoisotopic (exact) mass is 114 g/mol. The molecule has 0 aromatic carbocycles. The van der Waals surface area contributed by atoms with E-state index in [0.29, 0.717) is 0 Å². The molecule has 0 aliphatic carbocycles. The first kappa shape index (κ1) is 5.31. The molecular weight excluding hydrogens is 108 g/mol. The van der Waals surface area contributed by atoms with Gasteiger partial charge in [0.25, 0.3) is 0 Å². The predicted molar refractivity (Wildman–Crippen MR) is 26.0 cm³/mol. The van der Waals surface area contributed by atoms with Gasteiger partial charge in [0.15, 0.2) is 12.9 Å². The third-order valence-corrected chi connectivity index (χ3v) is 0.895. The summed E-state index contributed by atoms with van der Waals surface area (Å²) >= 11 is 0. The van der Waals surface area contributed by atoms with Crippen molar-refractivity contribution in [3.63, 3.8) is 0 Å². The Morgan fingerprint density at radius 2 is 2.62 bits per heavy atom. The van der Waals surface area contributed by atoms with Crippen LogP contribution >= 0.6 is 0 Å². The summed E-state index contributed by atoms with van der Waals surface area (Å²) in [6.45, 7) is 3.43. The van der Waals surface area contributed by atoms with E-state index in [1.807, 2.05) is 0 Å². The zero-order chi connectivity index (χ0) is 5.98. The van der Waals surface area contributed by atoms with Crippen molar-refractivity contribution in [3.05, 3.63) is 12.7 Å². The Hall–Kier alpha value is -0.830. The molecule has 0 N–H and O–H groups in total. The van der Waals surface area contributed by atoms with Crippen LogP contribution in [0.3, 0.4) is 0 Å². The van der Waals surface area contributed by atoms with Gasteiger partial charge < -0.3 is 9.47 Å². The zero-order valence-electron chi connectivity index (χ0n) is 4.29. The fraction of sp³-hybridized carbons (Fsp3) is 0.400. The minimum Gasteiger partial charge on any atom is -0.436 e. The lowest BCUT2D eigenvalue weighted by molar-refractivity contribution is -0.138. The van der Waals surface area contributed by atoms with Crippen LogP contribution in [0.1, 0.15) is 0 Å². The molecule has 1 aliphatic heterocycles. The molecule has 0 aromatic heterocycles. The Morgan fingerprint density at radius 1 is 1.88 bits per heavy atom. The predicted octanol–water partition coefficient (Wildman–Crippen LogP) is 0.0719. The molecule has 0 spiro atoms. The molecule has 1 rings (SSSR count). The van der Waals surface area contributed by atoms with Crippen molar-refractivity contribution in [2.75, 3.05) is 6.79 Å². The van der Waals surface area contributed by atoms with Gasteiger partial charge >= 0.3 is 5.97 Å². The van der Waals surface area contributed by atoms with Crippen LogP contribution < -0.4 is 0 Å². The second-order valence-corrected chi connectivity index (χ2v) is 1.40. The van der Waals surface area contributed by atoms with Gasteiger partial charge in [0.1, 0.15) is 0 Å². The second-order valence-electron chi connectivity index (χ2n) is 1.40. The van der Waals surface area contributed by atoms with Gasteiger partial charge in [0.05, 0.1) is 0 Å². The Balaban J connectivity index is 2.54. The van der Waals surface area contributed by atoms with Gasteiger partial charge in [-0.3, -0.25) is 0 Å². The van der Waals surface area contributed by atoms with Crippen LogP contribution in [-0.2, 0) is 14.3 Å². The van der Waals surface area contributed by atoms with Gasteiger partial charge in [-0.1, -0.05) is 12.7 Å². The quantitative estimate of drug-likeness (QED) is 0.357. The van der Waals surface area contributed by atoms with Gasteiger partial charge in [0, 0.05) is 0 Å². The van der Waals surface area contributed by atoms with E-state index in [9.17, 15) is 4.79 Å². The summed E-state index contributed by atoms with van der Waals surface area (Å²) < 4.78 is 9.15. The van der Waals surface area contributed by atoms with Crippen LogP contribution in [0.4, 0.5) is 0 Å². The Bertz CT molecular complexity index is 119. The lowest BCUT2D eigenvalue weighted by atomic mass is 10.4. The van der Waals surface area contributed by atoms with E-state index >= 15 is 0 Å². The number of hydrogen-bond donors (Lipinski definition) is 0. The molecule has 1 saturated heterocycles. The lowest BCUT2D eigenvalue weighted by Crippen LogP contribution is -2.11. The summed E-state index contributed by atoms with van der Waals surface area (Å²) in [5.41, 5.74) is 0. The number of carbonyl (C=O) groups is 1. The van der Waals surface area contributed by atoms with E-state index in [1.165, 1.54) is 6.08 Å². The van der Waals surface area contributed by atoms with Crippen molar-refractivity contribution in [1.29, 1.82) is 0 Å². The Morgan fingerprint density at radius 3 is 2.88 bits per heavy atom. The van der Waals surface area contributed by atoms with Crippen LogP contribution in [0.2, 0.25) is 0 Å². The van der Waals surface area contributed by atoms with Crippen molar-refractivity contribution in [1.82, 2.24) is 0 Å². The molecule has 0 bridgehead atoms. The molecule has 1 fully saturated rings. The van der Waals surface area contributed by atoms with Crippen LogP contribution in [0.25, 0.3) is 0 Å². The average molecular weight is 114 g/mol. The Labute approximate surface area is 46.9 Å². The maximum atomic E-state index is 10.4. The smallest absolute Gasteiger partial charge is 0.341 e. The van der Waals surface area contributed by atoms with Crippen molar-refractivity contribution >= 4 is 5.97 Å². The molecular formula is C5H6O3. The SMILES string of the molecule is C=CC1OCOC1=O. The summed E-state index contributed by atoms with van der Waals surface area (Å²) in [5.74, 6) is -0.347. The topological polar surface area (TPSA) is 35.5 Å². The molecule has 1 atom stereocenters. The van der Waals surface area contributed by atoms with Crippen molar-refractivity contribution in [2.24, 2.45) is 0 Å². The Kier molecular flexibility index (Phi) is 1.30. The molecule has 0 radical (unpaired) electrons. The average Bonchev–Trinajstić information content (AvgIpc) is 2.14. The van der Waals surface area contributed by atoms with E-state index < -0.39 is 6.10 Å².